The van der Waals surface area contributed by atoms with Crippen LogP contribution < -0.4 is 9.31 Å². The maximum atomic E-state index is 5.60. The molecule has 16 heavy (non-hydrogen) atoms. The van der Waals surface area contributed by atoms with Crippen molar-refractivity contribution in [3.8, 4) is 11.5 Å². The predicted octanol–water partition coefficient (Wildman–Crippen LogP) is 3.62. The van der Waals surface area contributed by atoms with Gasteiger partial charge in [-0.2, -0.15) is 0 Å². The van der Waals surface area contributed by atoms with Crippen molar-refractivity contribution in [2.75, 3.05) is 0 Å². The van der Waals surface area contributed by atoms with Crippen molar-refractivity contribution in [3.05, 3.63) is 36.3 Å². The highest BCUT2D eigenvalue weighted by molar-refractivity contribution is 6.53. The van der Waals surface area contributed by atoms with Gasteiger partial charge in [0.2, 0.25) is 0 Å². The highest BCUT2D eigenvalue weighted by atomic mass is 16.6. The monoisotopic (exact) mass is 216 g/mol. The van der Waals surface area contributed by atoms with Crippen LogP contribution in [-0.4, -0.2) is 7.12 Å². The normalized spacial score (nSPS) is 13.7. The summed E-state index contributed by atoms with van der Waals surface area (Å²) >= 11 is 0. The summed E-state index contributed by atoms with van der Waals surface area (Å²) < 4.78 is 11.2. The van der Waals surface area contributed by atoms with Crippen LogP contribution in [0, 0.1) is 0 Å². The van der Waals surface area contributed by atoms with Crippen LogP contribution in [-0.2, 0) is 0 Å². The molecule has 0 amide bonds. The number of unbranched alkanes of at least 4 members (excludes halogenated alkanes) is 3. The Labute approximate surface area is 97.4 Å². The van der Waals surface area contributed by atoms with Crippen LogP contribution in [0.2, 0.25) is 0 Å². The number of fused-ring (bicyclic) bond motifs is 1. The lowest BCUT2D eigenvalue weighted by molar-refractivity contribution is 0.517. The Morgan fingerprint density at radius 2 is 1.81 bits per heavy atom. The van der Waals surface area contributed by atoms with Crippen molar-refractivity contribution in [1.29, 1.82) is 0 Å². The van der Waals surface area contributed by atoms with Gasteiger partial charge >= 0.3 is 7.12 Å². The predicted molar refractivity (Wildman–Crippen MR) is 66.7 cm³/mol. The Kier molecular flexibility index (Phi) is 3.92. The van der Waals surface area contributed by atoms with Crippen LogP contribution in [0.15, 0.2) is 36.3 Å². The molecule has 0 N–H and O–H groups in total. The van der Waals surface area contributed by atoms with E-state index >= 15 is 0 Å². The molecule has 2 rings (SSSR count). The summed E-state index contributed by atoms with van der Waals surface area (Å²) in [7, 11) is -0.237. The fourth-order valence-electron chi connectivity index (χ4n) is 1.72. The Hall–Kier alpha value is -1.38. The van der Waals surface area contributed by atoms with E-state index in [2.05, 4.69) is 13.0 Å². The summed E-state index contributed by atoms with van der Waals surface area (Å²) in [5.41, 5.74) is 0. The Bertz CT molecular complexity index is 338. The molecule has 1 aromatic rings. The van der Waals surface area contributed by atoms with E-state index in [0.717, 1.165) is 17.9 Å². The lowest BCUT2D eigenvalue weighted by atomic mass is 9.90. The number of rotatable bonds is 5. The molecular formula is C13H17BO2. The lowest BCUT2D eigenvalue weighted by Crippen LogP contribution is -2.21. The standard InChI is InChI=1S/C13H17BO2/c1-2-3-4-5-8-11-14-15-12-9-6-7-10-13(12)16-14/h6-11H,2-5H2,1H3/b11-8+. The van der Waals surface area contributed by atoms with Crippen molar-refractivity contribution in [1.82, 2.24) is 0 Å². The van der Waals surface area contributed by atoms with Gasteiger partial charge in [0.1, 0.15) is 11.5 Å². The maximum absolute atomic E-state index is 5.60. The topological polar surface area (TPSA) is 18.5 Å². The summed E-state index contributed by atoms with van der Waals surface area (Å²) in [4.78, 5) is 0. The van der Waals surface area contributed by atoms with Gasteiger partial charge in [0.25, 0.3) is 0 Å². The average Bonchev–Trinajstić information content (AvgIpc) is 2.71. The molecule has 0 radical (unpaired) electrons. The third-order valence-corrected chi connectivity index (χ3v) is 2.60. The smallest absolute Gasteiger partial charge is 0.520 e. The van der Waals surface area contributed by atoms with Crippen molar-refractivity contribution in [2.45, 2.75) is 32.6 Å². The van der Waals surface area contributed by atoms with Gasteiger partial charge in [-0.05, 0) is 30.9 Å². The number of para-hydroxylation sites is 2. The van der Waals surface area contributed by atoms with E-state index in [1.807, 2.05) is 30.2 Å². The van der Waals surface area contributed by atoms with E-state index in [4.69, 9.17) is 9.31 Å². The van der Waals surface area contributed by atoms with E-state index in [9.17, 15) is 0 Å². The Morgan fingerprint density at radius 3 is 2.44 bits per heavy atom. The van der Waals surface area contributed by atoms with Gasteiger partial charge in [0.15, 0.2) is 0 Å². The summed E-state index contributed by atoms with van der Waals surface area (Å²) in [6, 6.07) is 7.77. The van der Waals surface area contributed by atoms with E-state index in [1.54, 1.807) is 0 Å². The van der Waals surface area contributed by atoms with Crippen molar-refractivity contribution in [3.63, 3.8) is 0 Å². The van der Waals surface area contributed by atoms with E-state index < -0.39 is 0 Å². The summed E-state index contributed by atoms with van der Waals surface area (Å²) in [6.45, 7) is 2.21. The fourth-order valence-corrected chi connectivity index (χ4v) is 1.72. The van der Waals surface area contributed by atoms with Gasteiger partial charge in [-0.3, -0.25) is 0 Å². The van der Waals surface area contributed by atoms with Crippen LogP contribution in [0.4, 0.5) is 0 Å². The van der Waals surface area contributed by atoms with Crippen molar-refractivity contribution in [2.24, 2.45) is 0 Å². The minimum Gasteiger partial charge on any atom is -0.520 e. The van der Waals surface area contributed by atoms with Crippen LogP contribution in [0.5, 0.6) is 11.5 Å². The van der Waals surface area contributed by atoms with Crippen molar-refractivity contribution < 1.29 is 9.31 Å². The molecule has 0 spiro atoms. The number of benzene rings is 1. The zero-order valence-electron chi connectivity index (χ0n) is 9.69. The first-order valence-corrected chi connectivity index (χ1v) is 5.99. The molecule has 1 heterocycles. The zero-order valence-corrected chi connectivity index (χ0v) is 9.69. The molecule has 0 bridgehead atoms. The second kappa shape index (κ2) is 5.64. The molecule has 0 fully saturated rings. The van der Waals surface area contributed by atoms with E-state index in [0.29, 0.717) is 0 Å². The largest absolute Gasteiger partial charge is 0.624 e. The first kappa shape index (κ1) is 11.1. The first-order valence-electron chi connectivity index (χ1n) is 5.99. The number of hydrogen-bond donors (Lipinski definition) is 0. The fraction of sp³-hybridized carbons (Fsp3) is 0.385. The van der Waals surface area contributed by atoms with Crippen LogP contribution >= 0.6 is 0 Å². The minimum atomic E-state index is -0.237. The molecule has 2 nitrogen and oxygen atoms in total. The van der Waals surface area contributed by atoms with Gasteiger partial charge in [-0.15, -0.1) is 0 Å². The first-order chi connectivity index (χ1) is 7.90. The maximum Gasteiger partial charge on any atom is 0.624 e. The quantitative estimate of drug-likeness (QED) is 0.552. The second-order valence-corrected chi connectivity index (χ2v) is 3.97. The van der Waals surface area contributed by atoms with Gasteiger partial charge in [-0.25, -0.2) is 0 Å². The van der Waals surface area contributed by atoms with E-state index in [1.165, 1.54) is 19.3 Å². The van der Waals surface area contributed by atoms with Crippen molar-refractivity contribution >= 4 is 7.12 Å². The molecule has 1 aliphatic rings. The third-order valence-electron chi connectivity index (χ3n) is 2.60. The third kappa shape index (κ3) is 2.81. The molecule has 0 aromatic heterocycles. The molecular weight excluding hydrogens is 199 g/mol. The molecule has 84 valence electrons. The minimum absolute atomic E-state index is 0.237. The number of allylic oxidation sites excluding steroid dienone is 1. The van der Waals surface area contributed by atoms with Gasteiger partial charge in [-0.1, -0.05) is 38.0 Å². The highest BCUT2D eigenvalue weighted by Crippen LogP contribution is 2.32. The second-order valence-electron chi connectivity index (χ2n) is 3.97. The molecule has 0 saturated carbocycles. The van der Waals surface area contributed by atoms with Gasteiger partial charge in [0.05, 0.1) is 0 Å². The summed E-state index contributed by atoms with van der Waals surface area (Å²) in [6.07, 6.45) is 7.04. The van der Waals surface area contributed by atoms with Gasteiger partial charge < -0.3 is 9.31 Å². The average molecular weight is 216 g/mol. The molecule has 0 saturated heterocycles. The molecule has 0 unspecified atom stereocenters. The SMILES string of the molecule is CCCCC/C=C/B1Oc2ccccc2O1. The molecule has 0 atom stereocenters. The zero-order chi connectivity index (χ0) is 11.2. The molecule has 3 heteroatoms. The highest BCUT2D eigenvalue weighted by Gasteiger charge is 2.28. The summed E-state index contributed by atoms with van der Waals surface area (Å²) in [5.74, 6) is 3.67. The molecule has 1 aliphatic heterocycles. The number of hydrogen-bond acceptors (Lipinski definition) is 2. The van der Waals surface area contributed by atoms with Gasteiger partial charge in [0, 0.05) is 0 Å². The lowest BCUT2D eigenvalue weighted by Gasteiger charge is -1.97. The van der Waals surface area contributed by atoms with Crippen LogP contribution in [0.25, 0.3) is 0 Å². The molecule has 1 aromatic carbocycles. The molecule has 0 aliphatic carbocycles. The van der Waals surface area contributed by atoms with Crippen LogP contribution in [0.1, 0.15) is 32.6 Å². The Morgan fingerprint density at radius 1 is 1.12 bits per heavy atom. The Balaban J connectivity index is 1.78. The van der Waals surface area contributed by atoms with Crippen LogP contribution in [0.3, 0.4) is 0 Å². The summed E-state index contributed by atoms with van der Waals surface area (Å²) in [5, 5.41) is 0. The van der Waals surface area contributed by atoms with E-state index in [-0.39, 0.29) is 7.12 Å².